The number of nitrogens with one attached hydrogen (secondary N) is 1. The van der Waals surface area contributed by atoms with E-state index in [1.807, 2.05) is 50.4 Å². The minimum atomic E-state index is -0.397. The van der Waals surface area contributed by atoms with E-state index in [0.29, 0.717) is 6.54 Å². The first-order chi connectivity index (χ1) is 8.09. The molecule has 0 saturated carbocycles. The zero-order chi connectivity index (χ0) is 12.3. The summed E-state index contributed by atoms with van der Waals surface area (Å²) in [5, 5.41) is 7.41. The first-order valence-electron chi connectivity index (χ1n) is 5.66. The van der Waals surface area contributed by atoms with Gasteiger partial charge in [0.1, 0.15) is 5.82 Å². The van der Waals surface area contributed by atoms with Crippen LogP contribution in [0.5, 0.6) is 0 Å². The summed E-state index contributed by atoms with van der Waals surface area (Å²) in [6.07, 6.45) is 1.76. The van der Waals surface area contributed by atoms with Crippen molar-refractivity contribution in [3.05, 3.63) is 48.2 Å². The van der Waals surface area contributed by atoms with Gasteiger partial charge in [0, 0.05) is 19.7 Å². The first-order valence-corrected chi connectivity index (χ1v) is 5.66. The number of nitrogens with zero attached hydrogens (tertiary/aromatic N) is 2. The Balaban J connectivity index is 2.06. The molecule has 17 heavy (non-hydrogen) atoms. The number of anilines is 1. The van der Waals surface area contributed by atoms with Crippen LogP contribution in [0, 0.1) is 0 Å². The minimum absolute atomic E-state index is 0.397. The molecule has 90 valence electrons. The topological polar surface area (TPSA) is 55.9 Å². The molecule has 0 fully saturated rings. The second kappa shape index (κ2) is 4.59. The molecule has 4 heteroatoms. The first kappa shape index (κ1) is 11.7. The molecule has 0 aliphatic rings. The third-order valence-electron chi connectivity index (χ3n) is 2.89. The zero-order valence-electron chi connectivity index (χ0n) is 10.2. The molecule has 1 aromatic heterocycles. The summed E-state index contributed by atoms with van der Waals surface area (Å²) in [6, 6.07) is 12.0. The molecule has 2 aromatic rings. The van der Waals surface area contributed by atoms with Crippen molar-refractivity contribution in [3.63, 3.8) is 0 Å². The maximum Gasteiger partial charge on any atom is 0.123 e. The molecule has 1 aromatic carbocycles. The van der Waals surface area contributed by atoms with Gasteiger partial charge in [-0.3, -0.25) is 4.68 Å². The van der Waals surface area contributed by atoms with E-state index < -0.39 is 5.54 Å². The fourth-order valence-electron chi connectivity index (χ4n) is 1.74. The van der Waals surface area contributed by atoms with Crippen molar-refractivity contribution < 1.29 is 0 Å². The summed E-state index contributed by atoms with van der Waals surface area (Å²) in [7, 11) is 1.90. The van der Waals surface area contributed by atoms with E-state index in [-0.39, 0.29) is 0 Å². The molecule has 0 amide bonds. The number of aromatic nitrogens is 2. The Morgan fingerprint density at radius 2 is 2.00 bits per heavy atom. The van der Waals surface area contributed by atoms with E-state index >= 15 is 0 Å². The molecule has 1 atom stereocenters. The van der Waals surface area contributed by atoms with Gasteiger partial charge in [0.15, 0.2) is 0 Å². The predicted molar refractivity (Wildman–Crippen MR) is 69.7 cm³/mol. The van der Waals surface area contributed by atoms with Gasteiger partial charge in [0.2, 0.25) is 0 Å². The molecule has 0 saturated heterocycles. The van der Waals surface area contributed by atoms with Crippen molar-refractivity contribution >= 4 is 5.82 Å². The van der Waals surface area contributed by atoms with Gasteiger partial charge in [-0.2, -0.15) is 5.10 Å². The van der Waals surface area contributed by atoms with Gasteiger partial charge >= 0.3 is 0 Å². The fraction of sp³-hybridized carbons (Fsp3) is 0.308. The van der Waals surface area contributed by atoms with Crippen LogP contribution in [0.1, 0.15) is 12.5 Å². The van der Waals surface area contributed by atoms with Crippen molar-refractivity contribution in [1.82, 2.24) is 9.78 Å². The summed E-state index contributed by atoms with van der Waals surface area (Å²) in [6.45, 7) is 2.68. The summed E-state index contributed by atoms with van der Waals surface area (Å²) in [5.41, 5.74) is 7.04. The number of hydrogen-bond donors (Lipinski definition) is 2. The highest BCUT2D eigenvalue weighted by Crippen LogP contribution is 2.18. The van der Waals surface area contributed by atoms with Gasteiger partial charge in [-0.25, -0.2) is 0 Å². The lowest BCUT2D eigenvalue weighted by atomic mass is 9.93. The Morgan fingerprint density at radius 3 is 2.59 bits per heavy atom. The van der Waals surface area contributed by atoms with Gasteiger partial charge in [-0.05, 0) is 12.5 Å². The second-order valence-electron chi connectivity index (χ2n) is 4.48. The van der Waals surface area contributed by atoms with Crippen LogP contribution in [0.25, 0.3) is 0 Å². The maximum absolute atomic E-state index is 6.31. The van der Waals surface area contributed by atoms with Crippen LogP contribution in [-0.4, -0.2) is 16.3 Å². The molecule has 3 N–H and O–H groups in total. The lowest BCUT2D eigenvalue weighted by molar-refractivity contribution is 0.521. The third kappa shape index (κ3) is 2.65. The monoisotopic (exact) mass is 230 g/mol. The molecule has 0 aliphatic carbocycles. The van der Waals surface area contributed by atoms with Crippen molar-refractivity contribution in [2.24, 2.45) is 12.8 Å². The van der Waals surface area contributed by atoms with E-state index in [2.05, 4.69) is 10.4 Å². The van der Waals surface area contributed by atoms with Gasteiger partial charge in [-0.15, -0.1) is 0 Å². The number of nitrogens with two attached hydrogens (primary N) is 1. The highest BCUT2D eigenvalue weighted by Gasteiger charge is 2.20. The SMILES string of the molecule is Cn1nccc1NCC(C)(N)c1ccccc1. The van der Waals surface area contributed by atoms with Crippen LogP contribution in [-0.2, 0) is 12.6 Å². The van der Waals surface area contributed by atoms with Gasteiger partial charge in [0.25, 0.3) is 0 Å². The van der Waals surface area contributed by atoms with Crippen LogP contribution in [0.2, 0.25) is 0 Å². The van der Waals surface area contributed by atoms with Crippen molar-refractivity contribution in [2.75, 3.05) is 11.9 Å². The van der Waals surface area contributed by atoms with Crippen molar-refractivity contribution in [2.45, 2.75) is 12.5 Å². The molecule has 0 aliphatic heterocycles. The largest absolute Gasteiger partial charge is 0.368 e. The molecule has 1 heterocycles. The minimum Gasteiger partial charge on any atom is -0.368 e. The fourth-order valence-corrected chi connectivity index (χ4v) is 1.74. The molecule has 0 radical (unpaired) electrons. The molecular weight excluding hydrogens is 212 g/mol. The van der Waals surface area contributed by atoms with E-state index in [4.69, 9.17) is 5.73 Å². The number of aryl methyl sites for hydroxylation is 1. The summed E-state index contributed by atoms with van der Waals surface area (Å²) >= 11 is 0. The van der Waals surface area contributed by atoms with Crippen LogP contribution in [0.3, 0.4) is 0 Å². The van der Waals surface area contributed by atoms with E-state index in [1.54, 1.807) is 10.9 Å². The average molecular weight is 230 g/mol. The Morgan fingerprint density at radius 1 is 1.29 bits per heavy atom. The van der Waals surface area contributed by atoms with E-state index in [1.165, 1.54) is 0 Å². The summed E-state index contributed by atoms with van der Waals surface area (Å²) in [4.78, 5) is 0. The highest BCUT2D eigenvalue weighted by molar-refractivity contribution is 5.35. The normalized spacial score (nSPS) is 14.3. The molecule has 4 nitrogen and oxygen atoms in total. The standard InChI is InChI=1S/C13H18N4/c1-13(14,11-6-4-3-5-7-11)10-15-12-8-9-16-17(12)2/h3-9,15H,10,14H2,1-2H3. The second-order valence-corrected chi connectivity index (χ2v) is 4.48. The summed E-state index contributed by atoms with van der Waals surface area (Å²) < 4.78 is 1.79. The lowest BCUT2D eigenvalue weighted by Crippen LogP contribution is -2.40. The third-order valence-corrected chi connectivity index (χ3v) is 2.89. The van der Waals surface area contributed by atoms with Crippen LogP contribution in [0.4, 0.5) is 5.82 Å². The van der Waals surface area contributed by atoms with E-state index in [9.17, 15) is 0 Å². The Kier molecular flexibility index (Phi) is 3.15. The Labute approximate surface area is 101 Å². The van der Waals surface area contributed by atoms with Gasteiger partial charge in [-0.1, -0.05) is 30.3 Å². The zero-order valence-corrected chi connectivity index (χ0v) is 10.2. The average Bonchev–Trinajstić information content (AvgIpc) is 2.74. The van der Waals surface area contributed by atoms with Gasteiger partial charge < -0.3 is 11.1 Å². The van der Waals surface area contributed by atoms with Crippen LogP contribution >= 0.6 is 0 Å². The van der Waals surface area contributed by atoms with E-state index in [0.717, 1.165) is 11.4 Å². The molecule has 2 rings (SSSR count). The molecular formula is C13H18N4. The number of benzene rings is 1. The van der Waals surface area contributed by atoms with Crippen molar-refractivity contribution in [1.29, 1.82) is 0 Å². The molecule has 0 spiro atoms. The number of hydrogen-bond acceptors (Lipinski definition) is 3. The highest BCUT2D eigenvalue weighted by atomic mass is 15.3. The lowest BCUT2D eigenvalue weighted by Gasteiger charge is -2.26. The maximum atomic E-state index is 6.31. The van der Waals surface area contributed by atoms with Crippen LogP contribution < -0.4 is 11.1 Å². The van der Waals surface area contributed by atoms with Crippen LogP contribution in [0.15, 0.2) is 42.6 Å². The Bertz CT molecular complexity index is 473. The molecule has 0 bridgehead atoms. The smallest absolute Gasteiger partial charge is 0.123 e. The number of rotatable bonds is 4. The van der Waals surface area contributed by atoms with Gasteiger partial charge in [0.05, 0.1) is 11.7 Å². The summed E-state index contributed by atoms with van der Waals surface area (Å²) in [5.74, 6) is 0.970. The quantitative estimate of drug-likeness (QED) is 0.840. The van der Waals surface area contributed by atoms with Crippen molar-refractivity contribution in [3.8, 4) is 0 Å². The molecule has 1 unspecified atom stereocenters. The Hall–Kier alpha value is -1.81. The predicted octanol–water partition coefficient (Wildman–Crippen LogP) is 1.71.